The van der Waals surface area contributed by atoms with Gasteiger partial charge in [-0.2, -0.15) is 5.10 Å². The molecule has 11 heavy (non-hydrogen) atoms. The van der Waals surface area contributed by atoms with Crippen LogP contribution < -0.4 is 5.32 Å². The van der Waals surface area contributed by atoms with Crippen LogP contribution in [0.4, 0.5) is 5.69 Å². The monoisotopic (exact) mass is 151 g/mol. The van der Waals surface area contributed by atoms with Crippen LogP contribution in [0.15, 0.2) is 22.4 Å². The molecule has 0 aliphatic heterocycles. The standard InChI is InChI=1S/C6H9N5/c1-7-6(8-2)11-5-3-9-10-4-5/h3-4H,1H2,2H3,(H,8,11)(H,9,10). The number of hydrogen-bond acceptors (Lipinski definition) is 2. The number of nitrogens with zero attached hydrogens (tertiary/aromatic N) is 3. The highest BCUT2D eigenvalue weighted by Crippen LogP contribution is 2.00. The van der Waals surface area contributed by atoms with Gasteiger partial charge in [0, 0.05) is 13.2 Å². The molecule has 2 N–H and O–H groups in total. The summed E-state index contributed by atoms with van der Waals surface area (Å²) < 4.78 is 0. The van der Waals surface area contributed by atoms with Crippen molar-refractivity contribution in [2.24, 2.45) is 9.98 Å². The molecule has 0 atom stereocenters. The molecule has 1 aromatic rings. The minimum atomic E-state index is 0.478. The molecule has 0 aliphatic carbocycles. The number of anilines is 1. The number of aromatic nitrogens is 2. The molecule has 0 bridgehead atoms. The maximum atomic E-state index is 3.82. The third kappa shape index (κ3) is 1.89. The average Bonchev–Trinajstić information content (AvgIpc) is 2.52. The van der Waals surface area contributed by atoms with E-state index in [-0.39, 0.29) is 0 Å². The third-order valence-electron chi connectivity index (χ3n) is 1.12. The molecular weight excluding hydrogens is 142 g/mol. The van der Waals surface area contributed by atoms with Crippen molar-refractivity contribution in [3.05, 3.63) is 12.4 Å². The Morgan fingerprint density at radius 2 is 2.64 bits per heavy atom. The van der Waals surface area contributed by atoms with Gasteiger partial charge in [-0.1, -0.05) is 0 Å². The Hall–Kier alpha value is -1.65. The minimum absolute atomic E-state index is 0.478. The Labute approximate surface area is 64.3 Å². The molecule has 5 heteroatoms. The number of rotatable bonds is 1. The van der Waals surface area contributed by atoms with Crippen LogP contribution in [0.25, 0.3) is 0 Å². The molecule has 0 amide bonds. The van der Waals surface area contributed by atoms with Crippen molar-refractivity contribution < 1.29 is 0 Å². The molecule has 1 heterocycles. The molecule has 1 rings (SSSR count). The van der Waals surface area contributed by atoms with Crippen LogP contribution in [0.3, 0.4) is 0 Å². The third-order valence-corrected chi connectivity index (χ3v) is 1.12. The number of hydrogen-bond donors (Lipinski definition) is 2. The van der Waals surface area contributed by atoms with Crippen LogP contribution in [-0.2, 0) is 0 Å². The molecule has 0 unspecified atom stereocenters. The summed E-state index contributed by atoms with van der Waals surface area (Å²) in [7, 11) is 1.64. The molecule has 0 radical (unpaired) electrons. The average molecular weight is 151 g/mol. The lowest BCUT2D eigenvalue weighted by Gasteiger charge is -1.98. The molecule has 0 saturated heterocycles. The van der Waals surface area contributed by atoms with E-state index in [4.69, 9.17) is 0 Å². The van der Waals surface area contributed by atoms with E-state index in [0.717, 1.165) is 5.69 Å². The lowest BCUT2D eigenvalue weighted by atomic mass is 10.6. The van der Waals surface area contributed by atoms with Gasteiger partial charge in [-0.15, -0.1) is 0 Å². The van der Waals surface area contributed by atoms with Crippen molar-refractivity contribution in [2.45, 2.75) is 0 Å². The van der Waals surface area contributed by atoms with Gasteiger partial charge >= 0.3 is 0 Å². The largest absolute Gasteiger partial charge is 0.322 e. The number of H-pyrrole nitrogens is 1. The van der Waals surface area contributed by atoms with E-state index in [2.05, 4.69) is 32.2 Å². The van der Waals surface area contributed by atoms with Crippen LogP contribution in [-0.4, -0.2) is 29.9 Å². The van der Waals surface area contributed by atoms with Crippen molar-refractivity contribution in [2.75, 3.05) is 12.4 Å². The molecular formula is C6H9N5. The van der Waals surface area contributed by atoms with Gasteiger partial charge in [0.15, 0.2) is 0 Å². The molecule has 0 fully saturated rings. The van der Waals surface area contributed by atoms with Gasteiger partial charge in [-0.25, -0.2) is 4.99 Å². The van der Waals surface area contributed by atoms with E-state index in [0.29, 0.717) is 5.96 Å². The first kappa shape index (κ1) is 7.46. The fraction of sp³-hybridized carbons (Fsp3) is 0.167. The number of aliphatic imine (C=N–C) groups is 2. The number of aromatic amines is 1. The fourth-order valence-corrected chi connectivity index (χ4v) is 0.614. The van der Waals surface area contributed by atoms with E-state index in [1.807, 2.05) is 0 Å². The Morgan fingerprint density at radius 1 is 1.82 bits per heavy atom. The molecule has 0 spiro atoms. The summed E-state index contributed by atoms with van der Waals surface area (Å²) in [5, 5.41) is 9.28. The summed E-state index contributed by atoms with van der Waals surface area (Å²) in [5.41, 5.74) is 0.818. The van der Waals surface area contributed by atoms with Crippen molar-refractivity contribution in [1.82, 2.24) is 10.2 Å². The number of nitrogens with one attached hydrogen (secondary N) is 2. The molecule has 0 aromatic carbocycles. The van der Waals surface area contributed by atoms with Crippen LogP contribution in [0, 0.1) is 0 Å². The Bertz CT molecular complexity index is 248. The molecule has 1 aromatic heterocycles. The van der Waals surface area contributed by atoms with Crippen LogP contribution >= 0.6 is 0 Å². The van der Waals surface area contributed by atoms with Crippen molar-refractivity contribution in [3.8, 4) is 0 Å². The molecule has 0 saturated carbocycles. The van der Waals surface area contributed by atoms with Gasteiger partial charge in [0.1, 0.15) is 0 Å². The van der Waals surface area contributed by atoms with E-state index < -0.39 is 0 Å². The Kier molecular flexibility index (Phi) is 2.37. The highest BCUT2D eigenvalue weighted by Gasteiger charge is 1.94. The van der Waals surface area contributed by atoms with Gasteiger partial charge in [0.2, 0.25) is 5.96 Å². The second-order valence-electron chi connectivity index (χ2n) is 1.82. The first-order chi connectivity index (χ1) is 5.36. The maximum Gasteiger partial charge on any atom is 0.221 e. The summed E-state index contributed by atoms with van der Waals surface area (Å²) in [6.07, 6.45) is 3.34. The smallest absolute Gasteiger partial charge is 0.221 e. The zero-order valence-corrected chi connectivity index (χ0v) is 6.20. The Morgan fingerprint density at radius 3 is 3.09 bits per heavy atom. The minimum Gasteiger partial charge on any atom is -0.322 e. The first-order valence-corrected chi connectivity index (χ1v) is 3.06. The predicted octanol–water partition coefficient (Wildman–Crippen LogP) is 0.508. The van der Waals surface area contributed by atoms with Gasteiger partial charge in [-0.3, -0.25) is 10.1 Å². The van der Waals surface area contributed by atoms with Crippen LogP contribution in [0.2, 0.25) is 0 Å². The van der Waals surface area contributed by atoms with Gasteiger partial charge < -0.3 is 5.32 Å². The Balaban J connectivity index is 2.62. The highest BCUT2D eigenvalue weighted by atomic mass is 15.2. The first-order valence-electron chi connectivity index (χ1n) is 3.06. The lowest BCUT2D eigenvalue weighted by Crippen LogP contribution is -2.07. The number of guanidine groups is 1. The lowest BCUT2D eigenvalue weighted by molar-refractivity contribution is 1.09. The summed E-state index contributed by atoms with van der Waals surface area (Å²) in [6, 6.07) is 0. The summed E-state index contributed by atoms with van der Waals surface area (Å²) in [5.74, 6) is 0.478. The summed E-state index contributed by atoms with van der Waals surface area (Å²) in [6.45, 7) is 3.34. The SMILES string of the molecule is C=NC(=NC)Nc1cn[nH]c1. The van der Waals surface area contributed by atoms with Crippen molar-refractivity contribution in [3.63, 3.8) is 0 Å². The van der Waals surface area contributed by atoms with Gasteiger partial charge in [-0.05, 0) is 6.72 Å². The quantitative estimate of drug-likeness (QED) is 0.453. The van der Waals surface area contributed by atoms with Crippen LogP contribution in [0.1, 0.15) is 0 Å². The normalized spacial score (nSPS) is 11.2. The molecule has 0 aliphatic rings. The van der Waals surface area contributed by atoms with E-state index in [1.54, 1.807) is 19.4 Å². The second kappa shape index (κ2) is 3.50. The fourth-order valence-electron chi connectivity index (χ4n) is 0.614. The van der Waals surface area contributed by atoms with Gasteiger partial charge in [0.05, 0.1) is 11.9 Å². The van der Waals surface area contributed by atoms with E-state index in [9.17, 15) is 0 Å². The highest BCUT2D eigenvalue weighted by molar-refractivity contribution is 5.95. The van der Waals surface area contributed by atoms with Crippen molar-refractivity contribution in [1.29, 1.82) is 0 Å². The zero-order chi connectivity index (χ0) is 8.10. The summed E-state index contributed by atoms with van der Waals surface area (Å²) in [4.78, 5) is 7.44. The van der Waals surface area contributed by atoms with E-state index >= 15 is 0 Å². The predicted molar refractivity (Wildman–Crippen MR) is 45.1 cm³/mol. The van der Waals surface area contributed by atoms with Crippen molar-refractivity contribution >= 4 is 18.4 Å². The maximum absolute atomic E-state index is 3.82. The summed E-state index contributed by atoms with van der Waals surface area (Å²) >= 11 is 0. The molecule has 5 nitrogen and oxygen atoms in total. The zero-order valence-electron chi connectivity index (χ0n) is 6.20. The van der Waals surface area contributed by atoms with Gasteiger partial charge in [0.25, 0.3) is 0 Å². The van der Waals surface area contributed by atoms with E-state index in [1.165, 1.54) is 0 Å². The molecule has 58 valence electrons. The topological polar surface area (TPSA) is 65.4 Å². The second-order valence-corrected chi connectivity index (χ2v) is 1.82. The van der Waals surface area contributed by atoms with Crippen LogP contribution in [0.5, 0.6) is 0 Å².